The number of methoxy groups -OCH3 is 1. The van der Waals surface area contributed by atoms with Crippen molar-refractivity contribution in [2.75, 3.05) is 12.8 Å². The molecule has 0 aliphatic heterocycles. The van der Waals surface area contributed by atoms with Crippen LogP contribution in [0.4, 0.5) is 5.69 Å². The third-order valence-corrected chi connectivity index (χ3v) is 5.99. The maximum Gasteiger partial charge on any atom is 0.337 e. The summed E-state index contributed by atoms with van der Waals surface area (Å²) in [6.45, 7) is 0. The molecule has 0 radical (unpaired) electrons. The van der Waals surface area contributed by atoms with Crippen molar-refractivity contribution in [1.29, 1.82) is 0 Å². The molecule has 1 aliphatic carbocycles. The van der Waals surface area contributed by atoms with Crippen LogP contribution in [0.25, 0.3) is 0 Å². The highest BCUT2D eigenvalue weighted by Gasteiger charge is 2.35. The Morgan fingerprint density at radius 2 is 1.52 bits per heavy atom. The quantitative estimate of drug-likeness (QED) is 0.369. The summed E-state index contributed by atoms with van der Waals surface area (Å²) in [6, 6.07) is 14.0. The molecule has 0 atom stereocenters. The molecule has 3 aromatic carbocycles. The first kappa shape index (κ1) is 20.4. The standard InChI is InChI=1S/C23H15NO6S/c1-30-23(29)11-6-8-12(9-7-11)31-16-10-15(22(27)28)19(24)18-17(16)20(25)13-4-2-3-5-14(13)21(18)26/h2-10H,24H2,1H3,(H,27,28). The van der Waals surface area contributed by atoms with Crippen molar-refractivity contribution in [2.45, 2.75) is 9.79 Å². The maximum atomic E-state index is 13.3. The highest BCUT2D eigenvalue weighted by Crippen LogP contribution is 2.41. The van der Waals surface area contributed by atoms with E-state index in [1.165, 1.54) is 19.2 Å². The Hall–Kier alpha value is -3.91. The van der Waals surface area contributed by atoms with Crippen molar-refractivity contribution in [3.8, 4) is 0 Å². The van der Waals surface area contributed by atoms with E-state index in [1.807, 2.05) is 0 Å². The Balaban J connectivity index is 1.88. The van der Waals surface area contributed by atoms with Gasteiger partial charge in [0.05, 0.1) is 29.5 Å². The number of carboxylic acid groups (broad SMARTS) is 1. The van der Waals surface area contributed by atoms with Gasteiger partial charge in [-0.05, 0) is 30.3 Å². The van der Waals surface area contributed by atoms with E-state index in [0.29, 0.717) is 15.4 Å². The molecular formula is C23H15NO6S. The van der Waals surface area contributed by atoms with Gasteiger partial charge in [-0.2, -0.15) is 0 Å². The van der Waals surface area contributed by atoms with Crippen LogP contribution in [0, 0.1) is 0 Å². The van der Waals surface area contributed by atoms with Crippen molar-refractivity contribution in [3.05, 3.63) is 88.0 Å². The van der Waals surface area contributed by atoms with Gasteiger partial charge in [-0.1, -0.05) is 36.0 Å². The summed E-state index contributed by atoms with van der Waals surface area (Å²) in [4.78, 5) is 50.7. The van der Waals surface area contributed by atoms with Crippen LogP contribution in [0.5, 0.6) is 0 Å². The van der Waals surface area contributed by atoms with Gasteiger partial charge in [-0.15, -0.1) is 0 Å². The zero-order chi connectivity index (χ0) is 22.3. The van der Waals surface area contributed by atoms with Crippen LogP contribution in [0.2, 0.25) is 0 Å². The number of nitrogens with two attached hydrogens (primary N) is 1. The molecule has 4 rings (SSSR count). The lowest BCUT2D eigenvalue weighted by atomic mass is 9.82. The van der Waals surface area contributed by atoms with Crippen LogP contribution < -0.4 is 5.73 Å². The van der Waals surface area contributed by atoms with E-state index >= 15 is 0 Å². The number of carboxylic acids is 1. The van der Waals surface area contributed by atoms with E-state index < -0.39 is 23.5 Å². The number of aromatic carboxylic acids is 1. The SMILES string of the molecule is COC(=O)c1ccc(Sc2cc(C(=O)O)c(N)c3c2C(=O)c2ccccc2C3=O)cc1. The number of rotatable bonds is 4. The molecule has 0 bridgehead atoms. The number of anilines is 1. The number of fused-ring (bicyclic) bond motifs is 2. The summed E-state index contributed by atoms with van der Waals surface area (Å²) in [5, 5.41) is 9.59. The van der Waals surface area contributed by atoms with E-state index in [0.717, 1.165) is 11.8 Å². The molecule has 0 aromatic heterocycles. The van der Waals surface area contributed by atoms with Crippen LogP contribution in [0.1, 0.15) is 52.6 Å². The van der Waals surface area contributed by atoms with Gasteiger partial charge in [-0.3, -0.25) is 9.59 Å². The number of benzene rings is 3. The minimum atomic E-state index is -1.30. The largest absolute Gasteiger partial charge is 0.478 e. The zero-order valence-corrected chi connectivity index (χ0v) is 17.0. The smallest absolute Gasteiger partial charge is 0.337 e. The molecule has 7 nitrogen and oxygen atoms in total. The van der Waals surface area contributed by atoms with E-state index in [2.05, 4.69) is 4.74 Å². The topological polar surface area (TPSA) is 124 Å². The lowest BCUT2D eigenvalue weighted by molar-refractivity contribution is 0.0599. The van der Waals surface area contributed by atoms with Gasteiger partial charge in [0.15, 0.2) is 11.6 Å². The fraction of sp³-hybridized carbons (Fsp3) is 0.0435. The number of ketones is 2. The first-order chi connectivity index (χ1) is 14.8. The summed E-state index contributed by atoms with van der Waals surface area (Å²) in [6.07, 6.45) is 0. The molecule has 0 saturated carbocycles. The molecule has 154 valence electrons. The number of esters is 1. The molecule has 3 N–H and O–H groups in total. The second-order valence-corrected chi connectivity index (χ2v) is 7.83. The lowest BCUT2D eigenvalue weighted by Crippen LogP contribution is -2.24. The number of hydrogen-bond donors (Lipinski definition) is 2. The molecule has 0 saturated heterocycles. The first-order valence-corrected chi connectivity index (χ1v) is 9.89. The highest BCUT2D eigenvalue weighted by molar-refractivity contribution is 7.99. The second-order valence-electron chi connectivity index (χ2n) is 6.71. The first-order valence-electron chi connectivity index (χ1n) is 9.08. The number of carbonyl (C=O) groups excluding carboxylic acids is 3. The number of ether oxygens (including phenoxy) is 1. The second kappa shape index (κ2) is 7.73. The van der Waals surface area contributed by atoms with Crippen molar-refractivity contribution in [3.63, 3.8) is 0 Å². The molecule has 0 unspecified atom stereocenters. The van der Waals surface area contributed by atoms with Crippen LogP contribution >= 0.6 is 11.8 Å². The molecule has 0 fully saturated rings. The average Bonchev–Trinajstić information content (AvgIpc) is 2.78. The summed E-state index contributed by atoms with van der Waals surface area (Å²) < 4.78 is 4.68. The van der Waals surface area contributed by atoms with Crippen LogP contribution in [0.15, 0.2) is 64.4 Å². The van der Waals surface area contributed by atoms with Crippen molar-refractivity contribution >= 4 is 41.0 Å². The summed E-state index contributed by atoms with van der Waals surface area (Å²) in [5.41, 5.74) is 6.29. The summed E-state index contributed by atoms with van der Waals surface area (Å²) in [5.74, 6) is -2.69. The van der Waals surface area contributed by atoms with Crippen LogP contribution in [0.3, 0.4) is 0 Å². The number of hydrogen-bond acceptors (Lipinski definition) is 7. The Bertz CT molecular complexity index is 1280. The fourth-order valence-electron chi connectivity index (χ4n) is 3.44. The van der Waals surface area contributed by atoms with Crippen LogP contribution in [-0.2, 0) is 4.74 Å². The van der Waals surface area contributed by atoms with Crippen molar-refractivity contribution < 1.29 is 29.0 Å². The maximum absolute atomic E-state index is 13.3. The Labute approximate surface area is 180 Å². The minimum Gasteiger partial charge on any atom is -0.478 e. The van der Waals surface area contributed by atoms with E-state index in [-0.39, 0.29) is 33.5 Å². The predicted octanol–water partition coefficient (Wildman–Crippen LogP) is 3.68. The molecule has 0 spiro atoms. The van der Waals surface area contributed by atoms with Gasteiger partial charge in [0.2, 0.25) is 0 Å². The number of nitrogen functional groups attached to an aromatic ring is 1. The molecule has 8 heteroatoms. The fourth-order valence-corrected chi connectivity index (χ4v) is 4.44. The Morgan fingerprint density at radius 1 is 0.935 bits per heavy atom. The predicted molar refractivity (Wildman–Crippen MR) is 113 cm³/mol. The monoisotopic (exact) mass is 433 g/mol. The van der Waals surface area contributed by atoms with Gasteiger partial charge in [-0.25, -0.2) is 9.59 Å². The van der Waals surface area contributed by atoms with Gasteiger partial charge in [0, 0.05) is 26.5 Å². The van der Waals surface area contributed by atoms with Crippen LogP contribution in [-0.4, -0.2) is 35.7 Å². The molecule has 31 heavy (non-hydrogen) atoms. The molecule has 0 amide bonds. The Morgan fingerprint density at radius 3 is 2.06 bits per heavy atom. The zero-order valence-electron chi connectivity index (χ0n) is 16.2. The lowest BCUT2D eigenvalue weighted by Gasteiger charge is -2.22. The minimum absolute atomic E-state index is 0.0771. The third kappa shape index (κ3) is 3.36. The van der Waals surface area contributed by atoms with Gasteiger partial charge >= 0.3 is 11.9 Å². The van der Waals surface area contributed by atoms with Gasteiger partial charge in [0.25, 0.3) is 0 Å². The summed E-state index contributed by atoms with van der Waals surface area (Å²) in [7, 11) is 1.28. The van der Waals surface area contributed by atoms with Crippen molar-refractivity contribution in [2.24, 2.45) is 0 Å². The van der Waals surface area contributed by atoms with E-state index in [1.54, 1.807) is 42.5 Å². The Kier molecular flexibility index (Phi) is 5.08. The van der Waals surface area contributed by atoms with E-state index in [9.17, 15) is 24.3 Å². The number of carbonyl (C=O) groups is 4. The van der Waals surface area contributed by atoms with Gasteiger partial charge in [0.1, 0.15) is 0 Å². The van der Waals surface area contributed by atoms with Gasteiger partial charge < -0.3 is 15.6 Å². The molecule has 1 aliphatic rings. The summed E-state index contributed by atoms with van der Waals surface area (Å²) >= 11 is 1.11. The third-order valence-electron chi connectivity index (χ3n) is 4.94. The highest BCUT2D eigenvalue weighted by atomic mass is 32.2. The molecule has 3 aromatic rings. The van der Waals surface area contributed by atoms with Crippen molar-refractivity contribution in [1.82, 2.24) is 0 Å². The normalized spacial score (nSPS) is 12.2. The average molecular weight is 433 g/mol. The van der Waals surface area contributed by atoms with E-state index in [4.69, 9.17) is 5.73 Å². The molecular weight excluding hydrogens is 418 g/mol. The molecule has 0 heterocycles.